The van der Waals surface area contributed by atoms with E-state index in [0.717, 1.165) is 46.6 Å². The highest BCUT2D eigenvalue weighted by Crippen LogP contribution is 2.52. The standard InChI is InChI=1S/C31H41NO7/c1-20-25(15-26(37-4)28(23-11-12-23)29(20)38-5)21(2)32(13-14-39-19-22-9-7-6-8-10-22)27(33)18-31(30(34)35)16-24(17-31)36-3/h6-10,15,21,23-24H,11-14,16-19H2,1-5H3,(H,34,35). The predicted molar refractivity (Wildman–Crippen MR) is 147 cm³/mol. The molecule has 4 rings (SSSR count). The molecule has 0 heterocycles. The van der Waals surface area contributed by atoms with Crippen molar-refractivity contribution in [2.75, 3.05) is 34.5 Å². The Hall–Kier alpha value is -3.10. The summed E-state index contributed by atoms with van der Waals surface area (Å²) in [5.74, 6) is 0.815. The number of carbonyl (C=O) groups is 2. The second kappa shape index (κ2) is 12.4. The first kappa shape index (κ1) is 28.9. The summed E-state index contributed by atoms with van der Waals surface area (Å²) in [4.78, 5) is 27.8. The van der Waals surface area contributed by atoms with Crippen LogP contribution in [0.25, 0.3) is 0 Å². The highest BCUT2D eigenvalue weighted by molar-refractivity contribution is 5.86. The molecule has 1 atom stereocenters. The predicted octanol–water partition coefficient (Wildman–Crippen LogP) is 5.27. The second-order valence-electron chi connectivity index (χ2n) is 10.8. The first-order chi connectivity index (χ1) is 18.7. The summed E-state index contributed by atoms with van der Waals surface area (Å²) in [6, 6.07) is 11.5. The van der Waals surface area contributed by atoms with Crippen LogP contribution < -0.4 is 9.47 Å². The number of benzene rings is 2. The Morgan fingerprint density at radius 2 is 1.79 bits per heavy atom. The molecule has 2 fully saturated rings. The molecule has 0 bridgehead atoms. The minimum Gasteiger partial charge on any atom is -0.496 e. The third kappa shape index (κ3) is 6.23. The average molecular weight is 540 g/mol. The van der Waals surface area contributed by atoms with E-state index in [4.69, 9.17) is 18.9 Å². The van der Waals surface area contributed by atoms with Crippen LogP contribution in [0.4, 0.5) is 0 Å². The van der Waals surface area contributed by atoms with Crippen LogP contribution in [0.15, 0.2) is 36.4 Å². The van der Waals surface area contributed by atoms with E-state index < -0.39 is 11.4 Å². The number of amides is 1. The molecule has 8 heteroatoms. The third-order valence-corrected chi connectivity index (χ3v) is 8.32. The monoisotopic (exact) mass is 539 g/mol. The fraction of sp³-hybridized carbons (Fsp3) is 0.548. The van der Waals surface area contributed by atoms with Gasteiger partial charge in [0, 0.05) is 25.6 Å². The molecule has 1 unspecified atom stereocenters. The normalized spacial score (nSPS) is 21.1. The van der Waals surface area contributed by atoms with Crippen molar-refractivity contribution in [3.63, 3.8) is 0 Å². The van der Waals surface area contributed by atoms with Crippen molar-refractivity contribution in [1.82, 2.24) is 4.90 Å². The summed E-state index contributed by atoms with van der Waals surface area (Å²) in [7, 11) is 4.90. The van der Waals surface area contributed by atoms with E-state index in [0.29, 0.717) is 38.5 Å². The van der Waals surface area contributed by atoms with Crippen LogP contribution in [0.5, 0.6) is 11.5 Å². The molecule has 2 aromatic rings. The lowest BCUT2D eigenvalue weighted by atomic mass is 9.64. The number of aliphatic carboxylic acids is 1. The Kier molecular flexibility index (Phi) is 9.18. The van der Waals surface area contributed by atoms with Gasteiger partial charge in [-0.05, 0) is 68.2 Å². The molecule has 2 aromatic carbocycles. The molecule has 0 spiro atoms. The van der Waals surface area contributed by atoms with Crippen LogP contribution in [-0.2, 0) is 25.7 Å². The molecule has 2 aliphatic carbocycles. The topological polar surface area (TPSA) is 94.5 Å². The molecule has 1 amide bonds. The van der Waals surface area contributed by atoms with Crippen molar-refractivity contribution in [3.8, 4) is 11.5 Å². The van der Waals surface area contributed by atoms with Crippen LogP contribution in [0.1, 0.15) is 73.2 Å². The summed E-state index contributed by atoms with van der Waals surface area (Å²) >= 11 is 0. The highest BCUT2D eigenvalue weighted by Gasteiger charge is 2.52. The van der Waals surface area contributed by atoms with E-state index in [1.165, 1.54) is 0 Å². The van der Waals surface area contributed by atoms with Crippen molar-refractivity contribution in [1.29, 1.82) is 0 Å². The Morgan fingerprint density at radius 1 is 1.10 bits per heavy atom. The van der Waals surface area contributed by atoms with Crippen molar-refractivity contribution >= 4 is 11.9 Å². The number of ether oxygens (including phenoxy) is 4. The summed E-state index contributed by atoms with van der Waals surface area (Å²) in [6.45, 7) is 5.06. The van der Waals surface area contributed by atoms with Gasteiger partial charge < -0.3 is 29.0 Å². The van der Waals surface area contributed by atoms with Crippen molar-refractivity contribution < 1.29 is 33.6 Å². The number of hydrogen-bond acceptors (Lipinski definition) is 6. The number of nitrogens with zero attached hydrogens (tertiary/aromatic N) is 1. The van der Waals surface area contributed by atoms with Crippen LogP contribution in [0.2, 0.25) is 0 Å². The minimum absolute atomic E-state index is 0.0846. The van der Waals surface area contributed by atoms with Crippen LogP contribution in [-0.4, -0.2) is 62.5 Å². The van der Waals surface area contributed by atoms with Gasteiger partial charge in [-0.1, -0.05) is 30.3 Å². The molecule has 2 saturated carbocycles. The molecule has 2 aliphatic rings. The zero-order chi connectivity index (χ0) is 28.2. The zero-order valence-electron chi connectivity index (χ0n) is 23.7. The van der Waals surface area contributed by atoms with Gasteiger partial charge in [-0.15, -0.1) is 0 Å². The molecule has 0 radical (unpaired) electrons. The fourth-order valence-electron chi connectivity index (χ4n) is 5.79. The first-order valence-electron chi connectivity index (χ1n) is 13.7. The van der Waals surface area contributed by atoms with Crippen LogP contribution in [0, 0.1) is 12.3 Å². The van der Waals surface area contributed by atoms with E-state index in [1.54, 1.807) is 26.2 Å². The smallest absolute Gasteiger partial charge is 0.310 e. The molecule has 0 aromatic heterocycles. The Morgan fingerprint density at radius 3 is 2.36 bits per heavy atom. The fourth-order valence-corrected chi connectivity index (χ4v) is 5.79. The zero-order valence-corrected chi connectivity index (χ0v) is 23.7. The minimum atomic E-state index is -1.11. The third-order valence-electron chi connectivity index (χ3n) is 8.32. The van der Waals surface area contributed by atoms with Gasteiger partial charge in [0.15, 0.2) is 0 Å². The highest BCUT2D eigenvalue weighted by atomic mass is 16.5. The molecule has 39 heavy (non-hydrogen) atoms. The van der Waals surface area contributed by atoms with Crippen molar-refractivity contribution in [2.45, 2.75) is 70.6 Å². The van der Waals surface area contributed by atoms with Gasteiger partial charge in [0.25, 0.3) is 0 Å². The Bertz CT molecular complexity index is 1160. The molecule has 0 saturated heterocycles. The number of hydrogen-bond donors (Lipinski definition) is 1. The lowest BCUT2D eigenvalue weighted by Gasteiger charge is -2.44. The van der Waals surface area contributed by atoms with E-state index in [1.807, 2.05) is 50.2 Å². The largest absolute Gasteiger partial charge is 0.496 e. The van der Waals surface area contributed by atoms with Gasteiger partial charge >= 0.3 is 5.97 Å². The van der Waals surface area contributed by atoms with Gasteiger partial charge in [0.05, 0.1) is 45.0 Å². The SMILES string of the molecule is COc1cc(C(C)N(CCOCc2ccccc2)C(=O)CC2(C(=O)O)CC(OC)C2)c(C)c(OC)c1C1CC1. The van der Waals surface area contributed by atoms with Gasteiger partial charge in [0.2, 0.25) is 5.91 Å². The summed E-state index contributed by atoms with van der Waals surface area (Å²) in [5, 5.41) is 10.0. The molecular weight excluding hydrogens is 498 g/mol. The molecule has 8 nitrogen and oxygen atoms in total. The van der Waals surface area contributed by atoms with Gasteiger partial charge in [-0.3, -0.25) is 9.59 Å². The van der Waals surface area contributed by atoms with Crippen LogP contribution in [0.3, 0.4) is 0 Å². The molecule has 0 aliphatic heterocycles. The van der Waals surface area contributed by atoms with E-state index >= 15 is 0 Å². The lowest BCUT2D eigenvalue weighted by Crippen LogP contribution is -2.51. The molecule has 1 N–H and O–H groups in total. The summed E-state index contributed by atoms with van der Waals surface area (Å²) < 4.78 is 22.9. The van der Waals surface area contributed by atoms with Gasteiger partial charge in [-0.25, -0.2) is 0 Å². The number of carbonyl (C=O) groups excluding carboxylic acids is 1. The maximum atomic E-state index is 13.8. The quantitative estimate of drug-likeness (QED) is 0.327. The maximum Gasteiger partial charge on any atom is 0.310 e. The Balaban J connectivity index is 1.59. The van der Waals surface area contributed by atoms with E-state index in [-0.39, 0.29) is 24.5 Å². The second-order valence-corrected chi connectivity index (χ2v) is 10.8. The first-order valence-corrected chi connectivity index (χ1v) is 13.7. The van der Waals surface area contributed by atoms with E-state index in [2.05, 4.69) is 0 Å². The van der Waals surface area contributed by atoms with Crippen LogP contribution >= 0.6 is 0 Å². The van der Waals surface area contributed by atoms with Gasteiger partial charge in [0.1, 0.15) is 11.5 Å². The number of rotatable bonds is 14. The lowest BCUT2D eigenvalue weighted by molar-refractivity contribution is -0.170. The number of methoxy groups -OCH3 is 3. The molecular formula is C31H41NO7. The summed E-state index contributed by atoms with van der Waals surface area (Å²) in [5.41, 5.74) is 2.90. The van der Waals surface area contributed by atoms with Gasteiger partial charge in [-0.2, -0.15) is 0 Å². The Labute approximate surface area is 231 Å². The van der Waals surface area contributed by atoms with Crippen molar-refractivity contribution in [3.05, 3.63) is 58.7 Å². The number of carboxylic acids is 1. The molecule has 212 valence electrons. The number of carboxylic acid groups (broad SMARTS) is 1. The van der Waals surface area contributed by atoms with E-state index in [9.17, 15) is 14.7 Å². The maximum absolute atomic E-state index is 13.8. The van der Waals surface area contributed by atoms with Crippen molar-refractivity contribution in [2.24, 2.45) is 5.41 Å². The average Bonchev–Trinajstić information content (AvgIpc) is 3.75. The summed E-state index contributed by atoms with van der Waals surface area (Å²) in [6.07, 6.45) is 2.63.